The van der Waals surface area contributed by atoms with Crippen molar-refractivity contribution in [3.8, 4) is 0 Å². The van der Waals surface area contributed by atoms with E-state index in [0.717, 1.165) is 12.8 Å². The third-order valence-corrected chi connectivity index (χ3v) is 9.18. The van der Waals surface area contributed by atoms with E-state index in [4.69, 9.17) is 0 Å². The van der Waals surface area contributed by atoms with Crippen molar-refractivity contribution in [3.05, 3.63) is 96.2 Å². The van der Waals surface area contributed by atoms with Gasteiger partial charge in [-0.15, -0.1) is 0 Å². The zero-order valence-electron chi connectivity index (χ0n) is 21.9. The summed E-state index contributed by atoms with van der Waals surface area (Å²) in [5.41, 5.74) is 3.15. The zero-order chi connectivity index (χ0) is 27.4. The molecule has 8 nitrogen and oxygen atoms in total. The first-order valence-corrected chi connectivity index (χ1v) is 14.4. The fraction of sp³-hybridized carbons (Fsp3) is 0.276. The molecule has 10 heteroatoms. The Bertz CT molecular complexity index is 1530. The van der Waals surface area contributed by atoms with Crippen LogP contribution in [0.1, 0.15) is 36.8 Å². The molecule has 1 fully saturated rings. The first kappa shape index (κ1) is 26.7. The highest BCUT2D eigenvalue weighted by Gasteiger charge is 2.31. The Hall–Kier alpha value is -3.89. The number of pyridine rings is 1. The lowest BCUT2D eigenvalue weighted by Gasteiger charge is -2.34. The van der Waals surface area contributed by atoms with E-state index in [-0.39, 0.29) is 10.7 Å². The monoisotopic (exact) mass is 546 g/mol. The number of benzene rings is 2. The summed E-state index contributed by atoms with van der Waals surface area (Å²) in [6, 6.07) is 17.1. The van der Waals surface area contributed by atoms with Crippen LogP contribution in [-0.4, -0.2) is 40.8 Å². The van der Waals surface area contributed by atoms with Crippen LogP contribution < -0.4 is 10.6 Å². The maximum Gasteiger partial charge on any atom is 0.243 e. The average Bonchev–Trinajstić information content (AvgIpc) is 2.96. The van der Waals surface area contributed by atoms with E-state index < -0.39 is 10.0 Å². The molecule has 4 aromatic rings. The molecule has 0 saturated carbocycles. The van der Waals surface area contributed by atoms with Gasteiger partial charge in [-0.25, -0.2) is 17.8 Å². The minimum Gasteiger partial charge on any atom is -0.340 e. The summed E-state index contributed by atoms with van der Waals surface area (Å²) in [5, 5.41) is 6.24. The number of hydrogen-bond donors (Lipinski definition) is 2. The van der Waals surface area contributed by atoms with Crippen LogP contribution in [0.25, 0.3) is 0 Å². The van der Waals surface area contributed by atoms with E-state index in [2.05, 4.69) is 32.5 Å². The molecule has 5 rings (SSSR count). The van der Waals surface area contributed by atoms with Crippen molar-refractivity contribution in [1.29, 1.82) is 0 Å². The number of aromatic nitrogens is 3. The maximum absolute atomic E-state index is 13.5. The standard InChI is InChI=1S/C29H31FN6O2S/c1-20-19-25(5-8-27(20)30)33-28-11-16-32-29(35-28)34-24-3-6-26(7-4-24)39(37,38)36-17-12-23(13-18-36)21(2)22-9-14-31-15-10-22/h3-11,14-16,19,21,23H,12-13,17-18H2,1-2H3,(H2,32,33,34,35). The Balaban J connectivity index is 1.20. The number of piperidine rings is 1. The Morgan fingerprint density at radius 2 is 1.62 bits per heavy atom. The number of anilines is 4. The third kappa shape index (κ3) is 6.23. The first-order chi connectivity index (χ1) is 18.8. The number of sulfonamides is 1. The van der Waals surface area contributed by atoms with E-state index in [0.29, 0.717) is 53.6 Å². The van der Waals surface area contributed by atoms with Gasteiger partial charge in [-0.2, -0.15) is 9.29 Å². The lowest BCUT2D eigenvalue weighted by atomic mass is 9.82. The molecule has 0 radical (unpaired) electrons. The van der Waals surface area contributed by atoms with Gasteiger partial charge in [0, 0.05) is 43.1 Å². The minimum absolute atomic E-state index is 0.261. The van der Waals surface area contributed by atoms with Crippen LogP contribution in [0.4, 0.5) is 27.5 Å². The van der Waals surface area contributed by atoms with E-state index in [1.807, 2.05) is 12.1 Å². The van der Waals surface area contributed by atoms with Gasteiger partial charge in [-0.1, -0.05) is 6.92 Å². The summed E-state index contributed by atoms with van der Waals surface area (Å²) in [7, 11) is -3.59. The van der Waals surface area contributed by atoms with Crippen molar-refractivity contribution < 1.29 is 12.8 Å². The second kappa shape index (κ2) is 11.5. The Kier molecular flexibility index (Phi) is 7.85. The highest BCUT2D eigenvalue weighted by atomic mass is 32.2. The minimum atomic E-state index is -3.59. The van der Waals surface area contributed by atoms with Crippen molar-refractivity contribution in [2.75, 3.05) is 23.7 Å². The van der Waals surface area contributed by atoms with E-state index in [9.17, 15) is 12.8 Å². The fourth-order valence-electron chi connectivity index (χ4n) is 4.90. The van der Waals surface area contributed by atoms with Crippen LogP contribution in [0.2, 0.25) is 0 Å². The summed E-state index contributed by atoms with van der Waals surface area (Å²) < 4.78 is 41.7. The number of aryl methyl sites for hydroxylation is 1. The molecule has 2 aromatic heterocycles. The van der Waals surface area contributed by atoms with Crippen LogP contribution in [0.5, 0.6) is 0 Å². The molecule has 1 aliphatic heterocycles. The predicted octanol–water partition coefficient (Wildman–Crippen LogP) is 6.01. The first-order valence-electron chi connectivity index (χ1n) is 12.9. The van der Waals surface area contributed by atoms with Gasteiger partial charge in [0.15, 0.2) is 0 Å². The zero-order valence-corrected chi connectivity index (χ0v) is 22.7. The fourth-order valence-corrected chi connectivity index (χ4v) is 6.37. The SMILES string of the molecule is Cc1cc(Nc2ccnc(Nc3ccc(S(=O)(=O)N4CCC(C(C)c5ccncc5)CC4)cc3)n2)ccc1F. The second-order valence-electron chi connectivity index (χ2n) is 9.81. The average molecular weight is 547 g/mol. The summed E-state index contributed by atoms with van der Waals surface area (Å²) >= 11 is 0. The Morgan fingerprint density at radius 3 is 2.31 bits per heavy atom. The van der Waals surface area contributed by atoms with E-state index in [1.54, 1.807) is 72.3 Å². The second-order valence-corrected chi connectivity index (χ2v) is 11.8. The Morgan fingerprint density at radius 1 is 0.923 bits per heavy atom. The molecular weight excluding hydrogens is 515 g/mol. The number of nitrogens with zero attached hydrogens (tertiary/aromatic N) is 4. The molecule has 0 aliphatic carbocycles. The van der Waals surface area contributed by atoms with Gasteiger partial charge >= 0.3 is 0 Å². The molecular formula is C29H31FN6O2S. The number of hydrogen-bond acceptors (Lipinski definition) is 7. The smallest absolute Gasteiger partial charge is 0.243 e. The molecule has 1 saturated heterocycles. The normalized spacial score (nSPS) is 15.6. The maximum atomic E-state index is 13.5. The van der Waals surface area contributed by atoms with Crippen molar-refractivity contribution in [3.63, 3.8) is 0 Å². The molecule has 3 heterocycles. The lowest BCUT2D eigenvalue weighted by Crippen LogP contribution is -2.39. The van der Waals surface area contributed by atoms with Gasteiger partial charge in [0.05, 0.1) is 4.90 Å². The van der Waals surface area contributed by atoms with Crippen molar-refractivity contribution in [1.82, 2.24) is 19.3 Å². The van der Waals surface area contributed by atoms with Gasteiger partial charge in [-0.05, 0) is 103 Å². The molecule has 2 aromatic carbocycles. The summed E-state index contributed by atoms with van der Waals surface area (Å²) in [4.78, 5) is 13.0. The molecule has 1 unspecified atom stereocenters. The molecule has 1 aliphatic rings. The van der Waals surface area contributed by atoms with Crippen molar-refractivity contribution in [2.45, 2.75) is 37.5 Å². The molecule has 2 N–H and O–H groups in total. The molecule has 1 atom stereocenters. The molecule has 0 spiro atoms. The molecule has 202 valence electrons. The van der Waals surface area contributed by atoms with Crippen LogP contribution in [0.3, 0.4) is 0 Å². The number of nitrogens with one attached hydrogen (secondary N) is 2. The largest absolute Gasteiger partial charge is 0.340 e. The van der Waals surface area contributed by atoms with Crippen LogP contribution in [0, 0.1) is 18.7 Å². The summed E-state index contributed by atoms with van der Waals surface area (Å²) in [5.74, 6) is 1.41. The van der Waals surface area contributed by atoms with Crippen molar-refractivity contribution >= 4 is 33.2 Å². The van der Waals surface area contributed by atoms with E-state index in [1.165, 1.54) is 11.6 Å². The lowest BCUT2D eigenvalue weighted by molar-refractivity contribution is 0.250. The van der Waals surface area contributed by atoms with Gasteiger partial charge in [0.25, 0.3) is 0 Å². The highest BCUT2D eigenvalue weighted by molar-refractivity contribution is 7.89. The van der Waals surface area contributed by atoms with Crippen LogP contribution in [0.15, 0.2) is 84.1 Å². The number of halogens is 1. The van der Waals surface area contributed by atoms with Gasteiger partial charge < -0.3 is 10.6 Å². The quantitative estimate of drug-likeness (QED) is 0.279. The third-order valence-electron chi connectivity index (χ3n) is 7.27. The van der Waals surface area contributed by atoms with Gasteiger partial charge in [0.1, 0.15) is 11.6 Å². The molecule has 39 heavy (non-hydrogen) atoms. The topological polar surface area (TPSA) is 100 Å². The van der Waals surface area contributed by atoms with Crippen LogP contribution >= 0.6 is 0 Å². The van der Waals surface area contributed by atoms with Crippen molar-refractivity contribution in [2.24, 2.45) is 5.92 Å². The Labute approximate surface area is 228 Å². The van der Waals surface area contributed by atoms with Gasteiger partial charge in [-0.3, -0.25) is 4.98 Å². The molecule has 0 bridgehead atoms. The van der Waals surface area contributed by atoms with Crippen LogP contribution in [-0.2, 0) is 10.0 Å². The summed E-state index contributed by atoms with van der Waals surface area (Å²) in [6.45, 7) is 4.91. The predicted molar refractivity (Wildman–Crippen MR) is 150 cm³/mol. The van der Waals surface area contributed by atoms with Gasteiger partial charge in [0.2, 0.25) is 16.0 Å². The number of rotatable bonds is 8. The molecule has 0 amide bonds. The highest BCUT2D eigenvalue weighted by Crippen LogP contribution is 2.34. The van der Waals surface area contributed by atoms with E-state index >= 15 is 0 Å². The summed E-state index contributed by atoms with van der Waals surface area (Å²) in [6.07, 6.45) is 6.85.